The Kier molecular flexibility index (Phi) is 7.47. The minimum atomic E-state index is -0.428. The van der Waals surface area contributed by atoms with E-state index in [0.29, 0.717) is 24.7 Å². The van der Waals surface area contributed by atoms with Crippen molar-refractivity contribution in [2.45, 2.75) is 20.5 Å². The molecule has 0 aliphatic rings. The molecule has 30 heavy (non-hydrogen) atoms. The van der Waals surface area contributed by atoms with Crippen molar-refractivity contribution in [3.05, 3.63) is 92.3 Å². The number of ether oxygens (including phenoxy) is 2. The minimum Gasteiger partial charge on any atom is -0.490 e. The molecule has 0 spiro atoms. The Morgan fingerprint density at radius 1 is 1.10 bits per heavy atom. The van der Waals surface area contributed by atoms with Gasteiger partial charge in [-0.3, -0.25) is 0 Å². The third-order valence-electron chi connectivity index (χ3n) is 4.43. The maximum atomic E-state index is 14.1. The van der Waals surface area contributed by atoms with Gasteiger partial charge < -0.3 is 9.47 Å². The highest BCUT2D eigenvalue weighted by molar-refractivity contribution is 14.1. The molecule has 0 unspecified atom stereocenters. The van der Waals surface area contributed by atoms with Gasteiger partial charge in [0.05, 0.1) is 21.8 Å². The lowest BCUT2D eigenvalue weighted by Crippen LogP contribution is -2.02. The van der Waals surface area contributed by atoms with E-state index >= 15 is 0 Å². The fourth-order valence-electron chi connectivity index (χ4n) is 2.93. The molecule has 3 aromatic carbocycles. The van der Waals surface area contributed by atoms with Gasteiger partial charge in [-0.25, -0.2) is 4.39 Å². The van der Waals surface area contributed by atoms with Crippen molar-refractivity contribution in [3.8, 4) is 17.6 Å². The normalized spacial score (nSPS) is 11.1. The average Bonchev–Trinajstić information content (AvgIpc) is 2.73. The molecule has 152 valence electrons. The van der Waals surface area contributed by atoms with Crippen LogP contribution in [0.1, 0.15) is 29.2 Å². The maximum Gasteiger partial charge on any atom is 0.175 e. The third kappa shape index (κ3) is 5.39. The Morgan fingerprint density at radius 3 is 2.50 bits per heavy atom. The first-order chi connectivity index (χ1) is 14.5. The van der Waals surface area contributed by atoms with Crippen molar-refractivity contribution >= 4 is 34.2 Å². The summed E-state index contributed by atoms with van der Waals surface area (Å²) in [6.07, 6.45) is 1.66. The third-order valence-corrected chi connectivity index (χ3v) is 5.23. The molecule has 3 rings (SSSR count). The van der Waals surface area contributed by atoms with Gasteiger partial charge in [-0.15, -0.1) is 0 Å². The smallest absolute Gasteiger partial charge is 0.175 e. The summed E-state index contributed by atoms with van der Waals surface area (Å²) >= 11 is 2.19. The van der Waals surface area contributed by atoms with Crippen LogP contribution in [0.2, 0.25) is 0 Å². The molecule has 0 heterocycles. The molecule has 0 aliphatic heterocycles. The molecule has 0 amide bonds. The molecule has 0 saturated heterocycles. The molecule has 0 saturated carbocycles. The molecular weight excluding hydrogens is 492 g/mol. The molecule has 0 aromatic heterocycles. The van der Waals surface area contributed by atoms with E-state index in [1.807, 2.05) is 50.2 Å². The van der Waals surface area contributed by atoms with Gasteiger partial charge >= 0.3 is 0 Å². The van der Waals surface area contributed by atoms with Gasteiger partial charge in [0.1, 0.15) is 12.4 Å². The lowest BCUT2D eigenvalue weighted by atomic mass is 10.0. The number of allylic oxidation sites excluding steroid dienone is 1. The number of benzene rings is 3. The highest BCUT2D eigenvalue weighted by Crippen LogP contribution is 2.36. The summed E-state index contributed by atoms with van der Waals surface area (Å²) in [7, 11) is 0. The number of aryl methyl sites for hydroxylation is 1. The Bertz CT molecular complexity index is 1100. The highest BCUT2D eigenvalue weighted by atomic mass is 127. The van der Waals surface area contributed by atoms with Gasteiger partial charge in [-0.05, 0) is 71.8 Å². The van der Waals surface area contributed by atoms with Crippen LogP contribution in [-0.2, 0) is 6.61 Å². The zero-order valence-electron chi connectivity index (χ0n) is 16.8. The summed E-state index contributed by atoms with van der Waals surface area (Å²) in [4.78, 5) is 0. The van der Waals surface area contributed by atoms with Crippen LogP contribution in [0.15, 0.2) is 60.7 Å². The predicted octanol–water partition coefficient (Wildman–Crippen LogP) is 6.78. The molecular formula is C25H21FINO2. The fourth-order valence-corrected chi connectivity index (χ4v) is 3.71. The van der Waals surface area contributed by atoms with Crippen LogP contribution in [0.5, 0.6) is 11.5 Å². The Morgan fingerprint density at radius 2 is 1.83 bits per heavy atom. The predicted molar refractivity (Wildman–Crippen MR) is 126 cm³/mol. The lowest BCUT2D eigenvalue weighted by molar-refractivity contribution is 0.267. The van der Waals surface area contributed by atoms with Crippen molar-refractivity contribution in [1.82, 2.24) is 0 Å². The van der Waals surface area contributed by atoms with E-state index < -0.39 is 5.82 Å². The highest BCUT2D eigenvalue weighted by Gasteiger charge is 2.14. The van der Waals surface area contributed by atoms with Crippen LogP contribution in [-0.4, -0.2) is 6.61 Å². The molecule has 0 aliphatic carbocycles. The number of hydrogen-bond donors (Lipinski definition) is 0. The maximum absolute atomic E-state index is 14.1. The Labute approximate surface area is 189 Å². The van der Waals surface area contributed by atoms with E-state index in [9.17, 15) is 9.65 Å². The van der Waals surface area contributed by atoms with E-state index in [1.165, 1.54) is 11.6 Å². The molecule has 0 N–H and O–H groups in total. The second-order valence-corrected chi connectivity index (χ2v) is 7.85. The summed E-state index contributed by atoms with van der Waals surface area (Å²) in [6.45, 7) is 4.84. The first kappa shape index (κ1) is 21.8. The van der Waals surface area contributed by atoms with Crippen molar-refractivity contribution in [2.24, 2.45) is 0 Å². The molecule has 3 aromatic rings. The Hall–Kier alpha value is -2.85. The monoisotopic (exact) mass is 513 g/mol. The average molecular weight is 513 g/mol. The first-order valence-electron chi connectivity index (χ1n) is 9.53. The van der Waals surface area contributed by atoms with Gasteiger partial charge in [0, 0.05) is 5.56 Å². The first-order valence-corrected chi connectivity index (χ1v) is 10.6. The number of halogens is 2. The Balaban J connectivity index is 1.93. The van der Waals surface area contributed by atoms with E-state index in [0.717, 1.165) is 14.7 Å². The lowest BCUT2D eigenvalue weighted by Gasteiger charge is -2.15. The summed E-state index contributed by atoms with van der Waals surface area (Å²) in [5, 5.41) is 9.55. The van der Waals surface area contributed by atoms with Gasteiger partial charge in [-0.1, -0.05) is 48.0 Å². The largest absolute Gasteiger partial charge is 0.490 e. The van der Waals surface area contributed by atoms with Crippen LogP contribution < -0.4 is 9.47 Å². The van der Waals surface area contributed by atoms with E-state index in [4.69, 9.17) is 9.47 Å². The van der Waals surface area contributed by atoms with Crippen molar-refractivity contribution in [3.63, 3.8) is 0 Å². The van der Waals surface area contributed by atoms with E-state index in [-0.39, 0.29) is 11.1 Å². The minimum absolute atomic E-state index is 0.250. The van der Waals surface area contributed by atoms with Gasteiger partial charge in [0.2, 0.25) is 0 Å². The summed E-state index contributed by atoms with van der Waals surface area (Å²) in [5.41, 5.74) is 3.52. The summed E-state index contributed by atoms with van der Waals surface area (Å²) in [5.74, 6) is 0.816. The fraction of sp³-hybridized carbons (Fsp3) is 0.160. The van der Waals surface area contributed by atoms with Crippen LogP contribution in [0.4, 0.5) is 4.39 Å². The second kappa shape index (κ2) is 10.3. The zero-order valence-corrected chi connectivity index (χ0v) is 18.9. The molecule has 0 fully saturated rings. The van der Waals surface area contributed by atoms with Gasteiger partial charge in [0.25, 0.3) is 0 Å². The topological polar surface area (TPSA) is 42.2 Å². The summed E-state index contributed by atoms with van der Waals surface area (Å²) in [6, 6.07) is 20.2. The van der Waals surface area contributed by atoms with Crippen LogP contribution in [0, 0.1) is 27.6 Å². The zero-order chi connectivity index (χ0) is 21.5. The van der Waals surface area contributed by atoms with Gasteiger partial charge in [0.15, 0.2) is 11.5 Å². The second-order valence-electron chi connectivity index (χ2n) is 6.69. The van der Waals surface area contributed by atoms with Crippen LogP contribution >= 0.6 is 22.6 Å². The number of nitrogens with zero attached hydrogens (tertiary/aromatic N) is 1. The molecule has 5 heteroatoms. The van der Waals surface area contributed by atoms with E-state index in [2.05, 4.69) is 28.7 Å². The van der Waals surface area contributed by atoms with Crippen molar-refractivity contribution in [1.29, 1.82) is 5.26 Å². The van der Waals surface area contributed by atoms with Crippen molar-refractivity contribution < 1.29 is 13.9 Å². The van der Waals surface area contributed by atoms with Crippen LogP contribution in [0.25, 0.3) is 11.6 Å². The number of nitriles is 1. The molecule has 0 radical (unpaired) electrons. The van der Waals surface area contributed by atoms with Crippen molar-refractivity contribution in [2.75, 3.05) is 6.61 Å². The quantitative estimate of drug-likeness (QED) is 0.199. The summed E-state index contributed by atoms with van der Waals surface area (Å²) < 4.78 is 26.8. The standard InChI is InChI=1S/C25H21FINO2/c1-3-29-24-14-19(12-20(15-28)21-6-4-5-7-22(21)26)13-23(27)25(24)30-16-18-10-8-17(2)9-11-18/h4-14H,3,16H2,1-2H3/b20-12-. The molecule has 0 atom stereocenters. The molecule has 3 nitrogen and oxygen atoms in total. The molecule has 0 bridgehead atoms. The van der Waals surface area contributed by atoms with Gasteiger partial charge in [-0.2, -0.15) is 5.26 Å². The van der Waals surface area contributed by atoms with Crippen LogP contribution in [0.3, 0.4) is 0 Å². The number of rotatable bonds is 7. The SMILES string of the molecule is CCOc1cc(/C=C(/C#N)c2ccccc2F)cc(I)c1OCc1ccc(C)cc1. The van der Waals surface area contributed by atoms with E-state index in [1.54, 1.807) is 24.3 Å². The number of hydrogen-bond acceptors (Lipinski definition) is 3.